The van der Waals surface area contributed by atoms with Gasteiger partial charge in [0.25, 0.3) is 5.91 Å². The average molecular weight is 396 g/mol. The number of hydrogen-bond acceptors (Lipinski definition) is 4. The monoisotopic (exact) mass is 396 g/mol. The molecule has 154 valence electrons. The molecule has 1 aliphatic carbocycles. The van der Waals surface area contributed by atoms with Crippen molar-refractivity contribution in [1.29, 1.82) is 0 Å². The van der Waals surface area contributed by atoms with E-state index in [4.69, 9.17) is 15.2 Å². The molecule has 0 atom stereocenters. The number of primary amides is 1. The molecule has 0 aliphatic heterocycles. The van der Waals surface area contributed by atoms with E-state index in [1.54, 1.807) is 31.4 Å². The van der Waals surface area contributed by atoms with Crippen LogP contribution in [0.5, 0.6) is 11.5 Å². The van der Waals surface area contributed by atoms with Crippen LogP contribution in [-0.2, 0) is 21.4 Å². The van der Waals surface area contributed by atoms with Crippen LogP contribution in [0.1, 0.15) is 36.8 Å². The molecule has 0 unspecified atom stereocenters. The minimum atomic E-state index is -0.381. The van der Waals surface area contributed by atoms with Gasteiger partial charge in [0.05, 0.1) is 13.5 Å². The SMILES string of the molecule is COc1ccccc1C1(CNC(=O)COc2ccc(CC(N)=O)cc2)CCCC1. The van der Waals surface area contributed by atoms with Gasteiger partial charge in [-0.3, -0.25) is 9.59 Å². The first-order valence-corrected chi connectivity index (χ1v) is 9.93. The second kappa shape index (κ2) is 9.45. The van der Waals surface area contributed by atoms with Crippen LogP contribution in [-0.4, -0.2) is 32.1 Å². The van der Waals surface area contributed by atoms with Gasteiger partial charge in [-0.05, 0) is 36.6 Å². The molecule has 3 N–H and O–H groups in total. The highest BCUT2D eigenvalue weighted by Crippen LogP contribution is 2.44. The third-order valence-corrected chi connectivity index (χ3v) is 5.53. The average Bonchev–Trinajstić information content (AvgIpc) is 3.21. The Balaban J connectivity index is 1.56. The van der Waals surface area contributed by atoms with E-state index in [0.29, 0.717) is 12.3 Å². The minimum absolute atomic E-state index is 0.0584. The molecule has 0 radical (unpaired) electrons. The van der Waals surface area contributed by atoms with Crippen LogP contribution < -0.4 is 20.5 Å². The molecule has 2 aromatic rings. The minimum Gasteiger partial charge on any atom is -0.496 e. The molecule has 0 spiro atoms. The zero-order chi connectivity index (χ0) is 20.7. The van der Waals surface area contributed by atoms with E-state index in [1.807, 2.05) is 18.2 Å². The summed E-state index contributed by atoms with van der Waals surface area (Å²) in [6, 6.07) is 15.1. The molecule has 0 saturated heterocycles. The lowest BCUT2D eigenvalue weighted by Crippen LogP contribution is -2.41. The summed E-state index contributed by atoms with van der Waals surface area (Å²) in [6.45, 7) is 0.504. The Bertz CT molecular complexity index is 842. The first kappa shape index (κ1) is 20.7. The second-order valence-corrected chi connectivity index (χ2v) is 7.54. The number of nitrogens with one attached hydrogen (secondary N) is 1. The van der Waals surface area contributed by atoms with Crippen LogP contribution in [0, 0.1) is 0 Å². The fourth-order valence-electron chi connectivity index (χ4n) is 4.05. The normalized spacial score (nSPS) is 14.9. The van der Waals surface area contributed by atoms with E-state index >= 15 is 0 Å². The number of benzene rings is 2. The number of hydrogen-bond donors (Lipinski definition) is 2. The molecular weight excluding hydrogens is 368 g/mol. The van der Waals surface area contributed by atoms with Gasteiger partial charge >= 0.3 is 0 Å². The molecule has 1 saturated carbocycles. The molecule has 0 bridgehead atoms. The predicted molar refractivity (Wildman–Crippen MR) is 111 cm³/mol. The maximum absolute atomic E-state index is 12.4. The predicted octanol–water partition coefficient (Wildman–Crippen LogP) is 2.73. The lowest BCUT2D eigenvalue weighted by molar-refractivity contribution is -0.123. The first-order valence-electron chi connectivity index (χ1n) is 9.93. The van der Waals surface area contributed by atoms with Crippen molar-refractivity contribution in [2.75, 3.05) is 20.3 Å². The maximum Gasteiger partial charge on any atom is 0.257 e. The molecule has 0 heterocycles. The van der Waals surface area contributed by atoms with Crippen molar-refractivity contribution in [2.45, 2.75) is 37.5 Å². The van der Waals surface area contributed by atoms with Gasteiger partial charge in [0.2, 0.25) is 5.91 Å². The highest BCUT2D eigenvalue weighted by atomic mass is 16.5. The summed E-state index contributed by atoms with van der Waals surface area (Å²) in [6.07, 6.45) is 4.52. The van der Waals surface area contributed by atoms with Gasteiger partial charge < -0.3 is 20.5 Å². The lowest BCUT2D eigenvalue weighted by atomic mass is 9.78. The molecule has 2 aromatic carbocycles. The van der Waals surface area contributed by atoms with Crippen molar-refractivity contribution in [1.82, 2.24) is 5.32 Å². The van der Waals surface area contributed by atoms with E-state index < -0.39 is 0 Å². The Hall–Kier alpha value is -3.02. The molecule has 2 amide bonds. The van der Waals surface area contributed by atoms with Crippen LogP contribution in [0.25, 0.3) is 0 Å². The lowest BCUT2D eigenvalue weighted by Gasteiger charge is -2.31. The third-order valence-electron chi connectivity index (χ3n) is 5.53. The van der Waals surface area contributed by atoms with Gasteiger partial charge in [0.15, 0.2) is 6.61 Å². The summed E-state index contributed by atoms with van der Waals surface area (Å²) in [5.74, 6) is 0.908. The van der Waals surface area contributed by atoms with Crippen LogP contribution in [0.2, 0.25) is 0 Å². The van der Waals surface area contributed by atoms with Crippen molar-refractivity contribution in [3.8, 4) is 11.5 Å². The van der Waals surface area contributed by atoms with Crippen LogP contribution in [0.15, 0.2) is 48.5 Å². The molecule has 1 aliphatic rings. The number of methoxy groups -OCH3 is 1. The van der Waals surface area contributed by atoms with Gasteiger partial charge in [-0.2, -0.15) is 0 Å². The Morgan fingerprint density at radius 2 is 1.76 bits per heavy atom. The van der Waals surface area contributed by atoms with Crippen molar-refractivity contribution < 1.29 is 19.1 Å². The highest BCUT2D eigenvalue weighted by Gasteiger charge is 2.38. The Labute approximate surface area is 171 Å². The van der Waals surface area contributed by atoms with Crippen LogP contribution in [0.4, 0.5) is 0 Å². The summed E-state index contributed by atoms with van der Waals surface area (Å²) in [4.78, 5) is 23.3. The summed E-state index contributed by atoms with van der Waals surface area (Å²) in [7, 11) is 1.68. The number of carbonyl (C=O) groups excluding carboxylic acids is 2. The third kappa shape index (κ3) is 5.28. The van der Waals surface area contributed by atoms with Crippen molar-refractivity contribution in [3.63, 3.8) is 0 Å². The van der Waals surface area contributed by atoms with Gasteiger partial charge in [0, 0.05) is 17.5 Å². The Morgan fingerprint density at radius 1 is 1.07 bits per heavy atom. The summed E-state index contributed by atoms with van der Waals surface area (Å²) in [5, 5.41) is 3.04. The van der Waals surface area contributed by atoms with E-state index in [-0.39, 0.29) is 30.3 Å². The van der Waals surface area contributed by atoms with Crippen LogP contribution in [0.3, 0.4) is 0 Å². The Kier molecular flexibility index (Phi) is 6.75. The van der Waals surface area contributed by atoms with E-state index in [9.17, 15) is 9.59 Å². The summed E-state index contributed by atoms with van der Waals surface area (Å²) in [5.41, 5.74) is 7.06. The number of ether oxygens (including phenoxy) is 2. The molecule has 29 heavy (non-hydrogen) atoms. The second-order valence-electron chi connectivity index (χ2n) is 7.54. The fourth-order valence-corrected chi connectivity index (χ4v) is 4.05. The largest absolute Gasteiger partial charge is 0.496 e. The maximum atomic E-state index is 12.4. The van der Waals surface area contributed by atoms with Crippen molar-refractivity contribution >= 4 is 11.8 Å². The zero-order valence-electron chi connectivity index (χ0n) is 16.8. The molecule has 3 rings (SSSR count). The van der Waals surface area contributed by atoms with Crippen LogP contribution >= 0.6 is 0 Å². The standard InChI is InChI=1S/C23H28N2O4/c1-28-20-7-3-2-6-19(20)23(12-4-5-13-23)16-25-22(27)15-29-18-10-8-17(9-11-18)14-21(24)26/h2-3,6-11H,4-5,12-16H2,1H3,(H2,24,26)(H,25,27). The number of para-hydroxylation sites is 1. The zero-order valence-corrected chi connectivity index (χ0v) is 16.8. The van der Waals surface area contributed by atoms with Gasteiger partial charge in [0.1, 0.15) is 11.5 Å². The number of rotatable bonds is 9. The molecular formula is C23H28N2O4. The van der Waals surface area contributed by atoms with Crippen molar-refractivity contribution in [2.24, 2.45) is 5.73 Å². The topological polar surface area (TPSA) is 90.7 Å². The molecule has 0 aromatic heterocycles. The number of nitrogens with two attached hydrogens (primary N) is 1. The van der Waals surface area contributed by atoms with E-state index in [2.05, 4.69) is 11.4 Å². The van der Waals surface area contributed by atoms with Gasteiger partial charge in [-0.1, -0.05) is 43.2 Å². The molecule has 6 nitrogen and oxygen atoms in total. The number of amides is 2. The highest BCUT2D eigenvalue weighted by molar-refractivity contribution is 5.78. The van der Waals surface area contributed by atoms with Crippen molar-refractivity contribution in [3.05, 3.63) is 59.7 Å². The smallest absolute Gasteiger partial charge is 0.257 e. The summed E-state index contributed by atoms with van der Waals surface area (Å²) >= 11 is 0. The fraction of sp³-hybridized carbons (Fsp3) is 0.391. The van der Waals surface area contributed by atoms with Gasteiger partial charge in [-0.15, -0.1) is 0 Å². The first-order chi connectivity index (χ1) is 14.0. The molecule has 6 heteroatoms. The molecule has 1 fully saturated rings. The van der Waals surface area contributed by atoms with E-state index in [0.717, 1.165) is 42.6 Å². The number of carbonyl (C=O) groups is 2. The Morgan fingerprint density at radius 3 is 2.41 bits per heavy atom. The van der Waals surface area contributed by atoms with E-state index in [1.165, 1.54) is 0 Å². The summed E-state index contributed by atoms with van der Waals surface area (Å²) < 4.78 is 11.1. The van der Waals surface area contributed by atoms with Gasteiger partial charge in [-0.25, -0.2) is 0 Å². The quantitative estimate of drug-likeness (QED) is 0.682.